The van der Waals surface area contributed by atoms with Gasteiger partial charge >= 0.3 is 0 Å². The third-order valence-corrected chi connectivity index (χ3v) is 5.42. The number of hydrogen-bond acceptors (Lipinski definition) is 4. The fourth-order valence-electron chi connectivity index (χ4n) is 3.94. The average Bonchev–Trinajstić information content (AvgIpc) is 2.96. The molecular weight excluding hydrogens is 388 g/mol. The SMILES string of the molecule is Cc1ccc(C2=C(N(C)Cc3ccccc3)C(=O)N(CCCOC(C)C)C2=O)c(C)c1. The topological polar surface area (TPSA) is 49.9 Å². The number of imide groups is 1. The highest BCUT2D eigenvalue weighted by Crippen LogP contribution is 2.33. The van der Waals surface area contributed by atoms with Gasteiger partial charge in [-0.25, -0.2) is 0 Å². The van der Waals surface area contributed by atoms with Gasteiger partial charge in [-0.2, -0.15) is 0 Å². The second-order valence-electron chi connectivity index (χ2n) is 8.42. The van der Waals surface area contributed by atoms with E-state index in [0.29, 0.717) is 37.4 Å². The molecule has 1 aliphatic rings. The van der Waals surface area contributed by atoms with E-state index in [1.54, 1.807) is 0 Å². The van der Waals surface area contributed by atoms with E-state index >= 15 is 0 Å². The number of likely N-dealkylation sites (N-methyl/N-ethyl adjacent to an activating group) is 1. The van der Waals surface area contributed by atoms with Crippen LogP contribution in [0.15, 0.2) is 54.2 Å². The van der Waals surface area contributed by atoms with E-state index in [2.05, 4.69) is 0 Å². The molecule has 0 N–H and O–H groups in total. The highest BCUT2D eigenvalue weighted by atomic mass is 16.5. The van der Waals surface area contributed by atoms with E-state index < -0.39 is 0 Å². The first-order chi connectivity index (χ1) is 14.8. The molecule has 1 heterocycles. The summed E-state index contributed by atoms with van der Waals surface area (Å²) in [5, 5.41) is 0. The molecule has 164 valence electrons. The van der Waals surface area contributed by atoms with Crippen molar-refractivity contribution in [3.8, 4) is 0 Å². The third kappa shape index (κ3) is 5.23. The Labute approximate surface area is 185 Å². The van der Waals surface area contributed by atoms with Crippen LogP contribution < -0.4 is 0 Å². The van der Waals surface area contributed by atoms with Crippen LogP contribution in [0.5, 0.6) is 0 Å². The van der Waals surface area contributed by atoms with Gasteiger partial charge in [0.15, 0.2) is 0 Å². The minimum Gasteiger partial charge on any atom is -0.379 e. The fraction of sp³-hybridized carbons (Fsp3) is 0.385. The van der Waals surface area contributed by atoms with Crippen molar-refractivity contribution in [3.63, 3.8) is 0 Å². The summed E-state index contributed by atoms with van der Waals surface area (Å²) in [5.41, 5.74) is 4.98. The lowest BCUT2D eigenvalue weighted by atomic mass is 9.97. The first-order valence-electron chi connectivity index (χ1n) is 10.8. The maximum atomic E-state index is 13.4. The molecule has 0 bridgehead atoms. The number of rotatable bonds is 9. The number of carbonyl (C=O) groups excluding carboxylic acids is 2. The van der Waals surface area contributed by atoms with Crippen LogP contribution in [-0.2, 0) is 20.9 Å². The second kappa shape index (κ2) is 9.92. The molecule has 0 radical (unpaired) electrons. The smallest absolute Gasteiger partial charge is 0.277 e. The number of aryl methyl sites for hydroxylation is 2. The number of ether oxygens (including phenoxy) is 1. The van der Waals surface area contributed by atoms with E-state index in [1.807, 2.05) is 88.2 Å². The predicted octanol–water partition coefficient (Wildman–Crippen LogP) is 4.33. The van der Waals surface area contributed by atoms with Gasteiger partial charge in [-0.05, 0) is 50.8 Å². The Morgan fingerprint density at radius 1 is 1.00 bits per heavy atom. The molecule has 2 aromatic carbocycles. The standard InChI is InChI=1S/C26H32N2O3/c1-18(2)31-15-9-14-28-25(29)23(22-13-12-19(3)16-20(22)4)24(26(28)30)27(5)17-21-10-7-6-8-11-21/h6-8,10-13,16,18H,9,14-15,17H2,1-5H3. The van der Waals surface area contributed by atoms with E-state index in [9.17, 15) is 9.59 Å². The first-order valence-corrected chi connectivity index (χ1v) is 10.8. The molecule has 0 saturated heterocycles. The van der Waals surface area contributed by atoms with E-state index in [1.165, 1.54) is 4.90 Å². The fourth-order valence-corrected chi connectivity index (χ4v) is 3.94. The van der Waals surface area contributed by atoms with Crippen molar-refractivity contribution in [1.29, 1.82) is 0 Å². The molecule has 1 aliphatic heterocycles. The van der Waals surface area contributed by atoms with Gasteiger partial charge in [-0.1, -0.05) is 54.1 Å². The summed E-state index contributed by atoms with van der Waals surface area (Å²) < 4.78 is 5.60. The highest BCUT2D eigenvalue weighted by Gasteiger charge is 2.40. The summed E-state index contributed by atoms with van der Waals surface area (Å²) in [4.78, 5) is 30.1. The number of benzene rings is 2. The molecule has 5 heteroatoms. The molecular formula is C26H32N2O3. The normalized spacial score (nSPS) is 14.2. The van der Waals surface area contributed by atoms with Crippen molar-refractivity contribution in [2.24, 2.45) is 0 Å². The number of nitrogens with zero attached hydrogens (tertiary/aromatic N) is 2. The molecule has 0 fully saturated rings. The summed E-state index contributed by atoms with van der Waals surface area (Å²) in [5.74, 6) is -0.459. The quantitative estimate of drug-likeness (QED) is 0.448. The zero-order valence-corrected chi connectivity index (χ0v) is 19.1. The van der Waals surface area contributed by atoms with Gasteiger partial charge in [-0.15, -0.1) is 0 Å². The van der Waals surface area contributed by atoms with Gasteiger partial charge in [0.05, 0.1) is 11.7 Å². The Hall–Kier alpha value is -2.92. The zero-order valence-electron chi connectivity index (χ0n) is 19.1. The van der Waals surface area contributed by atoms with E-state index in [4.69, 9.17) is 4.74 Å². The maximum absolute atomic E-state index is 13.4. The molecule has 31 heavy (non-hydrogen) atoms. The Balaban J connectivity index is 1.94. The van der Waals surface area contributed by atoms with Crippen LogP contribution in [0.25, 0.3) is 5.57 Å². The van der Waals surface area contributed by atoms with Crippen LogP contribution in [0, 0.1) is 13.8 Å². The number of hydrogen-bond donors (Lipinski definition) is 0. The Kier molecular flexibility index (Phi) is 7.29. The zero-order chi connectivity index (χ0) is 22.5. The van der Waals surface area contributed by atoms with Gasteiger partial charge in [0, 0.05) is 26.7 Å². The van der Waals surface area contributed by atoms with Crippen LogP contribution in [0.2, 0.25) is 0 Å². The van der Waals surface area contributed by atoms with Crippen molar-refractivity contribution in [2.45, 2.75) is 46.8 Å². The van der Waals surface area contributed by atoms with Crippen molar-refractivity contribution in [3.05, 3.63) is 76.5 Å². The monoisotopic (exact) mass is 420 g/mol. The van der Waals surface area contributed by atoms with Gasteiger partial charge < -0.3 is 9.64 Å². The van der Waals surface area contributed by atoms with Crippen molar-refractivity contribution in [2.75, 3.05) is 20.2 Å². The van der Waals surface area contributed by atoms with Crippen molar-refractivity contribution >= 4 is 17.4 Å². The lowest BCUT2D eigenvalue weighted by Crippen LogP contribution is -2.35. The number of amides is 2. The van der Waals surface area contributed by atoms with Gasteiger partial charge in [-0.3, -0.25) is 14.5 Å². The third-order valence-electron chi connectivity index (χ3n) is 5.42. The molecule has 0 unspecified atom stereocenters. The largest absolute Gasteiger partial charge is 0.379 e. The predicted molar refractivity (Wildman–Crippen MR) is 123 cm³/mol. The van der Waals surface area contributed by atoms with Crippen LogP contribution in [0.3, 0.4) is 0 Å². The minimum atomic E-state index is -0.233. The molecule has 0 aliphatic carbocycles. The Morgan fingerprint density at radius 2 is 1.71 bits per heavy atom. The highest BCUT2D eigenvalue weighted by molar-refractivity contribution is 6.35. The first kappa shape index (κ1) is 22.8. The summed E-state index contributed by atoms with van der Waals surface area (Å²) in [6.45, 7) is 9.38. The van der Waals surface area contributed by atoms with E-state index in [-0.39, 0.29) is 17.9 Å². The summed E-state index contributed by atoms with van der Waals surface area (Å²) in [6.07, 6.45) is 0.743. The molecule has 5 nitrogen and oxygen atoms in total. The Morgan fingerprint density at radius 3 is 2.35 bits per heavy atom. The molecule has 0 spiro atoms. The lowest BCUT2D eigenvalue weighted by Gasteiger charge is -2.22. The van der Waals surface area contributed by atoms with Gasteiger partial charge in [0.2, 0.25) is 0 Å². The summed E-state index contributed by atoms with van der Waals surface area (Å²) in [7, 11) is 1.88. The summed E-state index contributed by atoms with van der Waals surface area (Å²) >= 11 is 0. The van der Waals surface area contributed by atoms with Gasteiger partial charge in [0.1, 0.15) is 5.70 Å². The Bertz CT molecular complexity index is 979. The molecule has 3 rings (SSSR count). The van der Waals surface area contributed by atoms with Crippen molar-refractivity contribution in [1.82, 2.24) is 9.80 Å². The van der Waals surface area contributed by atoms with Crippen LogP contribution in [0.4, 0.5) is 0 Å². The van der Waals surface area contributed by atoms with Crippen molar-refractivity contribution < 1.29 is 14.3 Å². The van der Waals surface area contributed by atoms with Crippen LogP contribution in [-0.4, -0.2) is 47.9 Å². The summed E-state index contributed by atoms with van der Waals surface area (Å²) in [6, 6.07) is 16.0. The molecule has 2 amide bonds. The van der Waals surface area contributed by atoms with Gasteiger partial charge in [0.25, 0.3) is 11.8 Å². The lowest BCUT2D eigenvalue weighted by molar-refractivity contribution is -0.137. The average molecular weight is 421 g/mol. The second-order valence-corrected chi connectivity index (χ2v) is 8.42. The molecule has 2 aromatic rings. The molecule has 0 saturated carbocycles. The molecule has 0 aromatic heterocycles. The molecule has 0 atom stereocenters. The van der Waals surface area contributed by atoms with Crippen LogP contribution >= 0.6 is 0 Å². The van der Waals surface area contributed by atoms with E-state index in [0.717, 1.165) is 22.3 Å². The number of carbonyl (C=O) groups is 2. The minimum absolute atomic E-state index is 0.126. The maximum Gasteiger partial charge on any atom is 0.277 e. The van der Waals surface area contributed by atoms with Crippen LogP contribution in [0.1, 0.15) is 42.5 Å².